The molecule has 2 aromatic rings. The van der Waals surface area contributed by atoms with Crippen LogP contribution in [-0.2, 0) is 6.18 Å². The fourth-order valence-corrected chi connectivity index (χ4v) is 3.73. The summed E-state index contributed by atoms with van der Waals surface area (Å²) in [7, 11) is 0. The predicted molar refractivity (Wildman–Crippen MR) is 95.7 cm³/mol. The molecule has 1 saturated carbocycles. The number of hydrogen-bond acceptors (Lipinski definition) is 5. The van der Waals surface area contributed by atoms with Crippen molar-refractivity contribution >= 4 is 17.1 Å². The molecule has 0 spiro atoms. The number of fused-ring (bicyclic) bond motifs is 1. The highest BCUT2D eigenvalue weighted by Crippen LogP contribution is 2.38. The number of pyridine rings is 1. The number of aromatic nitrogens is 3. The van der Waals surface area contributed by atoms with E-state index in [9.17, 15) is 27.1 Å². The van der Waals surface area contributed by atoms with E-state index < -0.39 is 24.0 Å². The van der Waals surface area contributed by atoms with Crippen molar-refractivity contribution < 1.29 is 27.1 Å². The van der Waals surface area contributed by atoms with Crippen molar-refractivity contribution in [3.8, 4) is 0 Å². The van der Waals surface area contributed by atoms with Crippen LogP contribution < -0.4 is 5.32 Å². The molecule has 29 heavy (non-hydrogen) atoms. The number of nitrogens with zero attached hydrogens (tertiary/aromatic N) is 4. The van der Waals surface area contributed by atoms with Crippen LogP contribution in [0.2, 0.25) is 0 Å². The molecule has 160 valence electrons. The van der Waals surface area contributed by atoms with Gasteiger partial charge in [0.05, 0.1) is 0 Å². The molecule has 0 radical (unpaired) electrons. The Morgan fingerprint density at radius 1 is 1.17 bits per heavy atom. The summed E-state index contributed by atoms with van der Waals surface area (Å²) in [6, 6.07) is 2.11. The molecule has 1 aliphatic carbocycles. The number of aliphatic hydroxyl groups is 1. The SMILES string of the molecule is OC(CN1CCC(F)(F)CC1)Nc1nc2ccc(C(F)(F)F)nc2n1C1CCC1. The van der Waals surface area contributed by atoms with Crippen molar-refractivity contribution in [2.75, 3.05) is 25.0 Å². The van der Waals surface area contributed by atoms with Gasteiger partial charge in [-0.05, 0) is 31.4 Å². The second-order valence-electron chi connectivity index (χ2n) is 7.74. The third-order valence-electron chi connectivity index (χ3n) is 5.58. The van der Waals surface area contributed by atoms with Gasteiger partial charge in [-0.3, -0.25) is 9.47 Å². The molecule has 1 atom stereocenters. The molecule has 2 aromatic heterocycles. The normalized spacial score (nSPS) is 21.9. The van der Waals surface area contributed by atoms with Gasteiger partial charge in [-0.2, -0.15) is 13.2 Å². The number of alkyl halides is 5. The molecule has 1 unspecified atom stereocenters. The van der Waals surface area contributed by atoms with E-state index in [4.69, 9.17) is 0 Å². The highest BCUT2D eigenvalue weighted by molar-refractivity contribution is 5.75. The standard InChI is InChI=1S/C18H22F5N5O/c19-17(20)6-8-27(9-7-17)10-14(29)26-16-24-12-4-5-13(18(21,22)23)25-15(12)28(16)11-2-1-3-11/h4-5,11,14,29H,1-3,6-10H2,(H,24,26). The number of likely N-dealkylation sites (tertiary alicyclic amines) is 1. The maximum Gasteiger partial charge on any atom is 0.433 e. The van der Waals surface area contributed by atoms with Crippen LogP contribution in [0, 0.1) is 0 Å². The van der Waals surface area contributed by atoms with E-state index in [0.29, 0.717) is 5.52 Å². The quantitative estimate of drug-likeness (QED) is 0.572. The average molecular weight is 419 g/mol. The average Bonchev–Trinajstić information content (AvgIpc) is 2.92. The number of hydrogen-bond donors (Lipinski definition) is 2. The first-order valence-corrected chi connectivity index (χ1v) is 9.63. The molecule has 0 amide bonds. The molecule has 3 heterocycles. The molecule has 4 rings (SSSR count). The van der Waals surface area contributed by atoms with Crippen LogP contribution in [-0.4, -0.2) is 56.3 Å². The lowest BCUT2D eigenvalue weighted by Gasteiger charge is -2.33. The van der Waals surface area contributed by atoms with Crippen LogP contribution in [0.4, 0.5) is 27.9 Å². The lowest BCUT2D eigenvalue weighted by molar-refractivity contribution is -0.141. The fraction of sp³-hybridized carbons (Fsp3) is 0.667. The van der Waals surface area contributed by atoms with Gasteiger partial charge in [-0.15, -0.1) is 0 Å². The molecule has 6 nitrogen and oxygen atoms in total. The third kappa shape index (κ3) is 4.30. The number of nitrogens with one attached hydrogen (secondary N) is 1. The Kier molecular flexibility index (Phi) is 5.14. The van der Waals surface area contributed by atoms with Crippen molar-refractivity contribution in [1.82, 2.24) is 19.4 Å². The topological polar surface area (TPSA) is 66.2 Å². The van der Waals surface area contributed by atoms with E-state index in [1.165, 1.54) is 6.07 Å². The van der Waals surface area contributed by atoms with Gasteiger partial charge in [0.15, 0.2) is 5.65 Å². The lowest BCUT2D eigenvalue weighted by atomic mass is 9.93. The Hall–Kier alpha value is -2.01. The van der Waals surface area contributed by atoms with Crippen molar-refractivity contribution in [2.45, 2.75) is 56.5 Å². The summed E-state index contributed by atoms with van der Waals surface area (Å²) in [5, 5.41) is 13.2. The van der Waals surface area contributed by atoms with Crippen molar-refractivity contribution in [3.05, 3.63) is 17.8 Å². The molecule has 1 aliphatic heterocycles. The van der Waals surface area contributed by atoms with Gasteiger partial charge in [-0.25, -0.2) is 18.7 Å². The van der Waals surface area contributed by atoms with Crippen LogP contribution in [0.25, 0.3) is 11.2 Å². The Bertz CT molecular complexity index is 869. The summed E-state index contributed by atoms with van der Waals surface area (Å²) in [6.07, 6.45) is -3.65. The summed E-state index contributed by atoms with van der Waals surface area (Å²) in [5.41, 5.74) is -0.569. The van der Waals surface area contributed by atoms with Gasteiger partial charge >= 0.3 is 6.18 Å². The summed E-state index contributed by atoms with van der Waals surface area (Å²) in [6.45, 7) is 0.452. The first-order chi connectivity index (χ1) is 13.6. The third-order valence-corrected chi connectivity index (χ3v) is 5.58. The second-order valence-corrected chi connectivity index (χ2v) is 7.74. The Morgan fingerprint density at radius 3 is 2.45 bits per heavy atom. The van der Waals surface area contributed by atoms with Gasteiger partial charge < -0.3 is 10.4 Å². The van der Waals surface area contributed by atoms with E-state index in [1.54, 1.807) is 9.47 Å². The summed E-state index contributed by atoms with van der Waals surface area (Å²) >= 11 is 0. The van der Waals surface area contributed by atoms with Crippen LogP contribution in [0.15, 0.2) is 12.1 Å². The van der Waals surface area contributed by atoms with E-state index >= 15 is 0 Å². The number of rotatable bonds is 5. The van der Waals surface area contributed by atoms with E-state index in [2.05, 4.69) is 15.3 Å². The van der Waals surface area contributed by atoms with Gasteiger partial charge in [0.2, 0.25) is 5.95 Å². The van der Waals surface area contributed by atoms with Gasteiger partial charge in [0.25, 0.3) is 5.92 Å². The first kappa shape index (κ1) is 20.3. The zero-order chi connectivity index (χ0) is 20.8. The maximum absolute atomic E-state index is 13.3. The number of piperidine rings is 1. The van der Waals surface area contributed by atoms with E-state index in [-0.39, 0.29) is 50.1 Å². The minimum Gasteiger partial charge on any atom is -0.372 e. The van der Waals surface area contributed by atoms with Crippen molar-refractivity contribution in [2.24, 2.45) is 0 Å². The van der Waals surface area contributed by atoms with Gasteiger partial charge in [0, 0.05) is 38.5 Å². The fourth-order valence-electron chi connectivity index (χ4n) is 3.73. The second kappa shape index (κ2) is 7.35. The zero-order valence-corrected chi connectivity index (χ0v) is 15.6. The highest BCUT2D eigenvalue weighted by Gasteiger charge is 2.36. The Labute approximate surface area is 163 Å². The smallest absolute Gasteiger partial charge is 0.372 e. The number of imidazole rings is 1. The van der Waals surface area contributed by atoms with E-state index in [1.807, 2.05) is 0 Å². The van der Waals surface area contributed by atoms with Gasteiger partial charge in [-0.1, -0.05) is 0 Å². The number of anilines is 1. The molecule has 2 aliphatic rings. The molecule has 2 fully saturated rings. The highest BCUT2D eigenvalue weighted by atomic mass is 19.4. The van der Waals surface area contributed by atoms with Crippen LogP contribution in [0.5, 0.6) is 0 Å². The van der Waals surface area contributed by atoms with Crippen molar-refractivity contribution in [1.29, 1.82) is 0 Å². The number of halogens is 5. The Balaban J connectivity index is 1.55. The zero-order valence-electron chi connectivity index (χ0n) is 15.6. The van der Waals surface area contributed by atoms with Crippen LogP contribution >= 0.6 is 0 Å². The molecular formula is C18H22F5N5O. The number of β-amino-alcohol motifs (C(OH)–C–C–N with tert-alkyl or cyclic N) is 1. The lowest BCUT2D eigenvalue weighted by Crippen LogP contribution is -2.44. The number of aliphatic hydroxyl groups excluding tert-OH is 1. The molecular weight excluding hydrogens is 397 g/mol. The van der Waals surface area contributed by atoms with E-state index in [0.717, 1.165) is 25.3 Å². The summed E-state index contributed by atoms with van der Waals surface area (Å²) < 4.78 is 67.4. The molecule has 0 bridgehead atoms. The summed E-state index contributed by atoms with van der Waals surface area (Å²) in [5.74, 6) is -2.43. The monoisotopic (exact) mass is 419 g/mol. The molecule has 2 N–H and O–H groups in total. The Morgan fingerprint density at radius 2 is 1.86 bits per heavy atom. The van der Waals surface area contributed by atoms with Crippen molar-refractivity contribution in [3.63, 3.8) is 0 Å². The largest absolute Gasteiger partial charge is 0.433 e. The van der Waals surface area contributed by atoms with Crippen LogP contribution in [0.1, 0.15) is 43.8 Å². The minimum absolute atomic E-state index is 0.0423. The summed E-state index contributed by atoms with van der Waals surface area (Å²) in [4.78, 5) is 9.82. The predicted octanol–water partition coefficient (Wildman–Crippen LogP) is 3.64. The maximum atomic E-state index is 13.3. The van der Waals surface area contributed by atoms with Gasteiger partial charge in [0.1, 0.15) is 17.4 Å². The first-order valence-electron chi connectivity index (χ1n) is 9.63. The minimum atomic E-state index is -4.56. The molecule has 0 aromatic carbocycles. The molecule has 11 heteroatoms. The molecule has 1 saturated heterocycles. The van der Waals surface area contributed by atoms with Crippen LogP contribution in [0.3, 0.4) is 0 Å².